The van der Waals surface area contributed by atoms with Gasteiger partial charge in [0, 0.05) is 17.0 Å². The van der Waals surface area contributed by atoms with Crippen LogP contribution in [0.3, 0.4) is 0 Å². The number of nitrogens with two attached hydrogens (primary N) is 1. The van der Waals surface area contributed by atoms with Crippen molar-refractivity contribution in [2.24, 2.45) is 0 Å². The third-order valence-corrected chi connectivity index (χ3v) is 5.68. The van der Waals surface area contributed by atoms with Gasteiger partial charge < -0.3 is 15.4 Å². The Morgan fingerprint density at radius 2 is 2.07 bits per heavy atom. The van der Waals surface area contributed by atoms with E-state index in [0.717, 1.165) is 10.4 Å². The fourth-order valence-electron chi connectivity index (χ4n) is 2.92. The lowest BCUT2D eigenvalue weighted by atomic mass is 9.96. The van der Waals surface area contributed by atoms with Gasteiger partial charge in [-0.25, -0.2) is 4.79 Å². The minimum Gasteiger partial charge on any atom is -0.428 e. The number of fused-ring (bicyclic) bond motifs is 1. The maximum atomic E-state index is 13.0. The molecule has 2 N–H and O–H groups in total. The van der Waals surface area contributed by atoms with Crippen molar-refractivity contribution in [3.05, 3.63) is 50.9 Å². The predicted molar refractivity (Wildman–Crippen MR) is 104 cm³/mol. The average Bonchev–Trinajstić information content (AvgIpc) is 2.96. The third kappa shape index (κ3) is 3.77. The first-order chi connectivity index (χ1) is 12.7. The van der Waals surface area contributed by atoms with Crippen LogP contribution in [0.25, 0.3) is 0 Å². The summed E-state index contributed by atoms with van der Waals surface area (Å²) >= 11 is 7.45. The van der Waals surface area contributed by atoms with Crippen LogP contribution in [0.15, 0.2) is 24.3 Å². The van der Waals surface area contributed by atoms with Gasteiger partial charge in [0.05, 0.1) is 22.1 Å². The largest absolute Gasteiger partial charge is 0.428 e. The molecule has 0 saturated heterocycles. The summed E-state index contributed by atoms with van der Waals surface area (Å²) < 4.78 is 5.23. The van der Waals surface area contributed by atoms with Crippen molar-refractivity contribution in [2.75, 3.05) is 12.3 Å². The molecule has 3 rings (SSSR count). The second-order valence-electron chi connectivity index (χ2n) is 6.71. The Hall–Kier alpha value is -2.56. The number of benzene rings is 1. The van der Waals surface area contributed by atoms with Gasteiger partial charge >= 0.3 is 6.09 Å². The zero-order valence-corrected chi connectivity index (χ0v) is 16.5. The van der Waals surface area contributed by atoms with Crippen LogP contribution < -0.4 is 5.73 Å². The van der Waals surface area contributed by atoms with Crippen LogP contribution in [0, 0.1) is 11.3 Å². The second-order valence-corrected chi connectivity index (χ2v) is 8.26. The summed E-state index contributed by atoms with van der Waals surface area (Å²) in [5.41, 5.74) is 6.66. The molecule has 6 nitrogen and oxygen atoms in total. The van der Waals surface area contributed by atoms with Crippen LogP contribution in [0.1, 0.15) is 40.2 Å². The van der Waals surface area contributed by atoms with Gasteiger partial charge in [-0.05, 0) is 38.0 Å². The molecular weight excluding hydrogens is 386 g/mol. The first-order valence-corrected chi connectivity index (χ1v) is 9.51. The highest BCUT2D eigenvalue weighted by atomic mass is 35.5. The molecule has 8 heteroatoms. The summed E-state index contributed by atoms with van der Waals surface area (Å²) in [6, 6.07) is 8.79. The van der Waals surface area contributed by atoms with Crippen molar-refractivity contribution in [3.63, 3.8) is 0 Å². The van der Waals surface area contributed by atoms with Gasteiger partial charge in [0.25, 0.3) is 0 Å². The molecule has 1 aromatic carbocycles. The van der Waals surface area contributed by atoms with E-state index in [1.54, 1.807) is 24.3 Å². The maximum absolute atomic E-state index is 13.0. The van der Waals surface area contributed by atoms with Gasteiger partial charge in [0.2, 0.25) is 0 Å². The molecule has 0 radical (unpaired) electrons. The van der Waals surface area contributed by atoms with Crippen LogP contribution in [-0.4, -0.2) is 28.9 Å². The van der Waals surface area contributed by atoms with Crippen molar-refractivity contribution in [2.45, 2.75) is 32.4 Å². The normalized spacial score (nSPS) is 13.6. The molecule has 0 bridgehead atoms. The number of carbonyl (C=O) groups excluding carboxylic acids is 2. The summed E-state index contributed by atoms with van der Waals surface area (Å²) in [5, 5.41) is 9.81. The van der Waals surface area contributed by atoms with Gasteiger partial charge in [-0.2, -0.15) is 5.26 Å². The molecule has 0 unspecified atom stereocenters. The second kappa shape index (κ2) is 7.22. The van der Waals surface area contributed by atoms with Crippen LogP contribution >= 0.6 is 22.9 Å². The molecule has 0 aliphatic carbocycles. The quantitative estimate of drug-likeness (QED) is 0.781. The molecule has 27 heavy (non-hydrogen) atoms. The first kappa shape index (κ1) is 19.2. The zero-order valence-electron chi connectivity index (χ0n) is 14.9. The molecule has 0 atom stereocenters. The number of nitrogen functional groups attached to an aromatic ring is 1. The predicted octanol–water partition coefficient (Wildman–Crippen LogP) is 4.01. The number of thiophene rings is 1. The Morgan fingerprint density at radius 1 is 1.37 bits per heavy atom. The number of rotatable bonds is 3. The molecule has 1 amide bonds. The number of amides is 1. The van der Waals surface area contributed by atoms with Crippen LogP contribution in [0.5, 0.6) is 0 Å². The average molecular weight is 404 g/mol. The number of hydrogen-bond acceptors (Lipinski definition) is 6. The van der Waals surface area contributed by atoms with E-state index in [2.05, 4.69) is 0 Å². The van der Waals surface area contributed by atoms with Crippen molar-refractivity contribution in [3.8, 4) is 6.07 Å². The zero-order chi connectivity index (χ0) is 19.8. The number of nitrogens with zero attached hydrogens (tertiary/aromatic N) is 2. The summed E-state index contributed by atoms with van der Waals surface area (Å²) in [7, 11) is 0. The summed E-state index contributed by atoms with van der Waals surface area (Å²) in [6.45, 7) is 3.74. The number of carbonyl (C=O) groups is 2. The SMILES string of the molecule is CC(C)(C#N)OC(=O)N1CCc2c(sc(N)c2C(=O)c2ccccc2Cl)C1. The van der Waals surface area contributed by atoms with Crippen LogP contribution in [0.4, 0.5) is 9.80 Å². The molecule has 1 aliphatic rings. The van der Waals surface area contributed by atoms with Gasteiger partial charge in [-0.3, -0.25) is 4.79 Å². The number of halogens is 1. The Balaban J connectivity index is 1.86. The third-order valence-electron chi connectivity index (χ3n) is 4.30. The standard InChI is InChI=1S/C19H18ClN3O3S/c1-19(2,10-21)26-18(25)23-8-7-12-14(9-23)27-17(22)15(12)16(24)11-5-3-4-6-13(11)20/h3-6H,7-9,22H2,1-2H3. The minimum atomic E-state index is -1.20. The highest BCUT2D eigenvalue weighted by Crippen LogP contribution is 2.37. The maximum Gasteiger partial charge on any atom is 0.411 e. The van der Waals surface area contributed by atoms with E-state index in [1.165, 1.54) is 30.1 Å². The molecule has 0 saturated carbocycles. The van der Waals surface area contributed by atoms with Gasteiger partial charge in [0.15, 0.2) is 11.4 Å². The van der Waals surface area contributed by atoms with E-state index in [-0.39, 0.29) is 5.78 Å². The smallest absolute Gasteiger partial charge is 0.411 e. The highest BCUT2D eigenvalue weighted by molar-refractivity contribution is 7.16. The molecule has 0 fully saturated rings. The highest BCUT2D eigenvalue weighted by Gasteiger charge is 2.32. The molecule has 140 valence electrons. The lowest BCUT2D eigenvalue weighted by molar-refractivity contribution is 0.0423. The summed E-state index contributed by atoms with van der Waals surface area (Å²) in [4.78, 5) is 27.6. The van der Waals surface area contributed by atoms with Crippen molar-refractivity contribution in [1.82, 2.24) is 4.90 Å². The van der Waals surface area contributed by atoms with Crippen molar-refractivity contribution < 1.29 is 14.3 Å². The molecule has 1 aliphatic heterocycles. The Labute approximate surface area is 166 Å². The number of anilines is 1. The Kier molecular flexibility index (Phi) is 5.13. The first-order valence-electron chi connectivity index (χ1n) is 8.32. The molecule has 2 heterocycles. The monoisotopic (exact) mass is 403 g/mol. The van der Waals surface area contributed by atoms with Gasteiger partial charge in [0.1, 0.15) is 6.07 Å². The lowest BCUT2D eigenvalue weighted by Gasteiger charge is -2.29. The van der Waals surface area contributed by atoms with E-state index in [9.17, 15) is 9.59 Å². The fourth-order valence-corrected chi connectivity index (χ4v) is 4.27. The van der Waals surface area contributed by atoms with Gasteiger partial charge in [-0.15, -0.1) is 11.3 Å². The Bertz CT molecular complexity index is 962. The van der Waals surface area contributed by atoms with E-state index in [4.69, 9.17) is 27.3 Å². The number of hydrogen-bond donors (Lipinski definition) is 1. The molecule has 1 aromatic heterocycles. The van der Waals surface area contributed by atoms with E-state index in [1.807, 2.05) is 6.07 Å². The Morgan fingerprint density at radius 3 is 2.74 bits per heavy atom. The van der Waals surface area contributed by atoms with Crippen LogP contribution in [-0.2, 0) is 17.7 Å². The van der Waals surface area contributed by atoms with Gasteiger partial charge in [-0.1, -0.05) is 23.7 Å². The van der Waals surface area contributed by atoms with E-state index in [0.29, 0.717) is 40.7 Å². The van der Waals surface area contributed by atoms with E-state index < -0.39 is 11.7 Å². The molecule has 0 spiro atoms. The van der Waals surface area contributed by atoms with E-state index >= 15 is 0 Å². The number of ketones is 1. The fraction of sp³-hybridized carbons (Fsp3) is 0.316. The summed E-state index contributed by atoms with van der Waals surface area (Å²) in [5.74, 6) is -0.211. The summed E-state index contributed by atoms with van der Waals surface area (Å²) in [6.07, 6.45) is -0.0745. The number of nitriles is 1. The van der Waals surface area contributed by atoms with Crippen molar-refractivity contribution >= 4 is 39.8 Å². The van der Waals surface area contributed by atoms with Crippen LogP contribution in [0.2, 0.25) is 5.02 Å². The molecular formula is C19H18ClN3O3S. The van der Waals surface area contributed by atoms with Crippen molar-refractivity contribution in [1.29, 1.82) is 5.26 Å². The topological polar surface area (TPSA) is 96.4 Å². The lowest BCUT2D eigenvalue weighted by Crippen LogP contribution is -2.40. The number of ether oxygens (including phenoxy) is 1. The minimum absolute atomic E-state index is 0.211. The molecule has 2 aromatic rings.